The number of nitrogens with one attached hydrogen (secondary N) is 1. The first-order valence-electron chi connectivity index (χ1n) is 8.47. The summed E-state index contributed by atoms with van der Waals surface area (Å²) in [4.78, 5) is 24.3. The molecule has 3 rings (SSSR count). The number of hydrogen-bond acceptors (Lipinski definition) is 7. The van der Waals surface area contributed by atoms with E-state index in [0.29, 0.717) is 50.0 Å². The summed E-state index contributed by atoms with van der Waals surface area (Å²) in [5, 5.41) is 12.3. The molecule has 0 atom stereocenters. The Morgan fingerprint density at radius 1 is 1.27 bits per heavy atom. The van der Waals surface area contributed by atoms with Crippen molar-refractivity contribution in [3.63, 3.8) is 0 Å². The maximum Gasteiger partial charge on any atom is 0.409 e. The van der Waals surface area contributed by atoms with Gasteiger partial charge in [-0.05, 0) is 25.1 Å². The van der Waals surface area contributed by atoms with Crippen molar-refractivity contribution in [1.29, 1.82) is 5.26 Å². The number of rotatable bonds is 4. The van der Waals surface area contributed by atoms with Gasteiger partial charge in [0.25, 0.3) is 0 Å². The molecule has 1 aliphatic rings. The number of nitrogens with zero attached hydrogens (tertiary/aromatic N) is 5. The monoisotopic (exact) mass is 352 g/mol. The minimum absolute atomic E-state index is 0.273. The summed E-state index contributed by atoms with van der Waals surface area (Å²) >= 11 is 0. The molecular formula is C18H20N6O2. The van der Waals surface area contributed by atoms with E-state index in [9.17, 15) is 10.1 Å². The Balaban J connectivity index is 1.67. The lowest BCUT2D eigenvalue weighted by Gasteiger charge is -2.34. The molecule has 2 heterocycles. The molecule has 1 N–H and O–H groups in total. The van der Waals surface area contributed by atoms with Crippen LogP contribution in [0.25, 0.3) is 0 Å². The van der Waals surface area contributed by atoms with Crippen LogP contribution in [0, 0.1) is 11.3 Å². The summed E-state index contributed by atoms with van der Waals surface area (Å²) in [6.07, 6.45) is 1.41. The third-order valence-corrected chi connectivity index (χ3v) is 4.06. The van der Waals surface area contributed by atoms with E-state index >= 15 is 0 Å². The highest BCUT2D eigenvalue weighted by Gasteiger charge is 2.22. The Kier molecular flexibility index (Phi) is 5.49. The van der Waals surface area contributed by atoms with Gasteiger partial charge in [0, 0.05) is 32.4 Å². The van der Waals surface area contributed by atoms with Crippen molar-refractivity contribution >= 4 is 23.5 Å². The van der Waals surface area contributed by atoms with Crippen LogP contribution < -0.4 is 10.2 Å². The second-order valence-corrected chi connectivity index (χ2v) is 5.69. The third kappa shape index (κ3) is 4.00. The molecule has 1 saturated heterocycles. The molecule has 1 aliphatic heterocycles. The van der Waals surface area contributed by atoms with Crippen LogP contribution >= 0.6 is 0 Å². The number of piperazine rings is 1. The summed E-state index contributed by atoms with van der Waals surface area (Å²) in [7, 11) is 0. The van der Waals surface area contributed by atoms with Crippen LogP contribution in [0.15, 0.2) is 36.5 Å². The van der Waals surface area contributed by atoms with Crippen molar-refractivity contribution in [2.24, 2.45) is 0 Å². The van der Waals surface area contributed by atoms with Gasteiger partial charge in [-0.25, -0.2) is 9.78 Å². The van der Waals surface area contributed by atoms with Gasteiger partial charge in [-0.3, -0.25) is 0 Å². The fourth-order valence-corrected chi connectivity index (χ4v) is 2.73. The Morgan fingerprint density at radius 2 is 2.04 bits per heavy atom. The summed E-state index contributed by atoms with van der Waals surface area (Å²) in [6.45, 7) is 4.69. The van der Waals surface area contributed by atoms with E-state index in [1.807, 2.05) is 24.3 Å². The van der Waals surface area contributed by atoms with E-state index in [1.54, 1.807) is 24.1 Å². The Labute approximate surface area is 152 Å². The highest BCUT2D eigenvalue weighted by molar-refractivity contribution is 5.68. The van der Waals surface area contributed by atoms with Crippen molar-refractivity contribution in [2.75, 3.05) is 43.0 Å². The quantitative estimate of drug-likeness (QED) is 0.902. The van der Waals surface area contributed by atoms with Gasteiger partial charge in [-0.15, -0.1) is 0 Å². The Hall–Kier alpha value is -3.34. The second-order valence-electron chi connectivity index (χ2n) is 5.69. The molecule has 0 saturated carbocycles. The minimum Gasteiger partial charge on any atom is -0.450 e. The standard InChI is InChI=1S/C18H20N6O2/c1-2-26-18(25)24-11-9-23(10-12-24)16-7-8-20-17(22-16)21-15-6-4-3-5-14(15)13-19/h3-8H,2,9-12H2,1H3,(H,20,21,22). The lowest BCUT2D eigenvalue weighted by Crippen LogP contribution is -2.49. The number of amides is 1. The second kappa shape index (κ2) is 8.16. The molecule has 134 valence electrons. The van der Waals surface area contributed by atoms with Crippen LogP contribution in [0.3, 0.4) is 0 Å². The summed E-state index contributed by atoms with van der Waals surface area (Å²) in [6, 6.07) is 11.2. The molecule has 26 heavy (non-hydrogen) atoms. The molecule has 8 nitrogen and oxygen atoms in total. The van der Waals surface area contributed by atoms with Crippen LogP contribution in [0.2, 0.25) is 0 Å². The molecule has 1 fully saturated rings. The molecule has 1 amide bonds. The number of carbonyl (C=O) groups excluding carboxylic acids is 1. The molecule has 0 radical (unpaired) electrons. The first-order valence-corrected chi connectivity index (χ1v) is 8.47. The van der Waals surface area contributed by atoms with Crippen LogP contribution in [0.4, 0.5) is 22.2 Å². The van der Waals surface area contributed by atoms with E-state index in [0.717, 1.165) is 5.82 Å². The van der Waals surface area contributed by atoms with Gasteiger partial charge in [0.15, 0.2) is 0 Å². The van der Waals surface area contributed by atoms with E-state index in [4.69, 9.17) is 4.74 Å². The van der Waals surface area contributed by atoms with Gasteiger partial charge >= 0.3 is 6.09 Å². The van der Waals surface area contributed by atoms with E-state index in [1.165, 1.54) is 0 Å². The minimum atomic E-state index is -0.273. The fourth-order valence-electron chi connectivity index (χ4n) is 2.73. The first-order chi connectivity index (χ1) is 12.7. The lowest BCUT2D eigenvalue weighted by molar-refractivity contribution is 0.105. The van der Waals surface area contributed by atoms with Gasteiger partial charge in [0.05, 0.1) is 17.9 Å². The summed E-state index contributed by atoms with van der Waals surface area (Å²) < 4.78 is 5.04. The smallest absolute Gasteiger partial charge is 0.409 e. The average Bonchev–Trinajstić information content (AvgIpc) is 2.69. The molecule has 0 unspecified atom stereocenters. The van der Waals surface area contributed by atoms with Crippen LogP contribution in [0.1, 0.15) is 12.5 Å². The lowest BCUT2D eigenvalue weighted by atomic mass is 10.2. The van der Waals surface area contributed by atoms with E-state index < -0.39 is 0 Å². The molecule has 0 bridgehead atoms. The van der Waals surface area contributed by atoms with Gasteiger partial charge < -0.3 is 19.9 Å². The molecular weight excluding hydrogens is 332 g/mol. The van der Waals surface area contributed by atoms with E-state index in [2.05, 4.69) is 26.3 Å². The number of ether oxygens (including phenoxy) is 1. The normalized spacial score (nSPS) is 13.8. The van der Waals surface area contributed by atoms with E-state index in [-0.39, 0.29) is 6.09 Å². The first kappa shape index (κ1) is 17.5. The highest BCUT2D eigenvalue weighted by Crippen LogP contribution is 2.20. The van der Waals surface area contributed by atoms with Gasteiger partial charge in [-0.2, -0.15) is 10.2 Å². The molecule has 0 spiro atoms. The van der Waals surface area contributed by atoms with Gasteiger partial charge in [-0.1, -0.05) is 12.1 Å². The SMILES string of the molecule is CCOC(=O)N1CCN(c2ccnc(Nc3ccccc3C#N)n2)CC1. The maximum atomic E-state index is 11.8. The summed E-state index contributed by atoms with van der Waals surface area (Å²) in [5.41, 5.74) is 1.20. The number of carbonyl (C=O) groups is 1. The number of hydrogen-bond donors (Lipinski definition) is 1. The van der Waals surface area contributed by atoms with Gasteiger partial charge in [0.2, 0.25) is 5.95 Å². The zero-order valence-corrected chi connectivity index (χ0v) is 14.6. The molecule has 1 aromatic heterocycles. The maximum absolute atomic E-state index is 11.8. The average molecular weight is 352 g/mol. The number of anilines is 3. The Bertz CT molecular complexity index is 811. The molecule has 2 aromatic rings. The zero-order valence-electron chi connectivity index (χ0n) is 14.6. The number of para-hydroxylation sites is 1. The summed E-state index contributed by atoms with van der Waals surface area (Å²) in [5.74, 6) is 1.21. The van der Waals surface area contributed by atoms with Crippen molar-refractivity contribution in [2.45, 2.75) is 6.92 Å². The van der Waals surface area contributed by atoms with Crippen LogP contribution in [-0.4, -0.2) is 53.7 Å². The van der Waals surface area contributed by atoms with Crippen molar-refractivity contribution in [3.05, 3.63) is 42.1 Å². The zero-order chi connectivity index (χ0) is 18.4. The highest BCUT2D eigenvalue weighted by atomic mass is 16.6. The third-order valence-electron chi connectivity index (χ3n) is 4.06. The Morgan fingerprint density at radius 3 is 2.77 bits per heavy atom. The predicted molar refractivity (Wildman–Crippen MR) is 97.3 cm³/mol. The molecule has 8 heteroatoms. The topological polar surface area (TPSA) is 94.4 Å². The van der Waals surface area contributed by atoms with Crippen LogP contribution in [0.5, 0.6) is 0 Å². The fraction of sp³-hybridized carbons (Fsp3) is 0.333. The number of aromatic nitrogens is 2. The molecule has 1 aromatic carbocycles. The largest absolute Gasteiger partial charge is 0.450 e. The van der Waals surface area contributed by atoms with Crippen LogP contribution in [-0.2, 0) is 4.74 Å². The van der Waals surface area contributed by atoms with Crippen molar-refractivity contribution < 1.29 is 9.53 Å². The van der Waals surface area contributed by atoms with Crippen molar-refractivity contribution in [1.82, 2.24) is 14.9 Å². The predicted octanol–water partition coefficient (Wildman–Crippen LogP) is 2.37. The van der Waals surface area contributed by atoms with Crippen molar-refractivity contribution in [3.8, 4) is 6.07 Å². The number of nitriles is 1. The van der Waals surface area contributed by atoms with Gasteiger partial charge in [0.1, 0.15) is 11.9 Å². The number of benzene rings is 1. The molecule has 0 aliphatic carbocycles.